The van der Waals surface area contributed by atoms with Gasteiger partial charge in [0, 0.05) is 45.5 Å². The quantitative estimate of drug-likeness (QED) is 0.516. The lowest BCUT2D eigenvalue weighted by molar-refractivity contribution is 0.295. The summed E-state index contributed by atoms with van der Waals surface area (Å²) in [5, 5.41) is 6.91. The van der Waals surface area contributed by atoms with Crippen LogP contribution >= 0.6 is 0 Å². The molecule has 2 aromatic rings. The van der Waals surface area contributed by atoms with E-state index in [0.29, 0.717) is 18.9 Å². The molecule has 0 bridgehead atoms. The number of hydrogen-bond acceptors (Lipinski definition) is 4. The Kier molecular flexibility index (Phi) is 8.02. The zero-order valence-electron chi connectivity index (χ0n) is 18.2. The number of aliphatic imine (C=N–C) groups is 1. The first kappa shape index (κ1) is 22.0. The fraction of sp³-hybridized carbons (Fsp3) is 0.478. The summed E-state index contributed by atoms with van der Waals surface area (Å²) < 4.78 is 14.0. The van der Waals surface area contributed by atoms with E-state index < -0.39 is 0 Å². The minimum absolute atomic E-state index is 0.198. The molecule has 2 N–H and O–H groups in total. The van der Waals surface area contributed by atoms with E-state index in [1.54, 1.807) is 19.3 Å². The molecule has 1 aliphatic heterocycles. The Morgan fingerprint density at radius 2 is 1.97 bits per heavy atom. The predicted octanol–water partition coefficient (Wildman–Crippen LogP) is 3.01. The number of guanidine groups is 1. The van der Waals surface area contributed by atoms with E-state index in [9.17, 15) is 4.39 Å². The molecule has 1 aliphatic rings. The van der Waals surface area contributed by atoms with E-state index in [0.717, 1.165) is 38.6 Å². The Morgan fingerprint density at radius 3 is 2.67 bits per heavy atom. The summed E-state index contributed by atoms with van der Waals surface area (Å²) in [4.78, 5) is 13.0. The highest BCUT2D eigenvalue weighted by Crippen LogP contribution is 2.20. The van der Waals surface area contributed by atoms with Crippen LogP contribution in [0, 0.1) is 5.82 Å². The van der Waals surface area contributed by atoms with Gasteiger partial charge in [0.05, 0.1) is 0 Å². The average Bonchev–Trinajstić information content (AvgIpc) is 3.24. The van der Waals surface area contributed by atoms with Gasteiger partial charge in [-0.2, -0.15) is 0 Å². The second kappa shape index (κ2) is 10.9. The van der Waals surface area contributed by atoms with Crippen molar-refractivity contribution in [1.29, 1.82) is 0 Å². The fourth-order valence-electron chi connectivity index (χ4n) is 3.82. The Labute approximate surface area is 179 Å². The maximum Gasteiger partial charge on any atom is 0.191 e. The topological polar surface area (TPSA) is 55.8 Å². The number of nitrogens with zero attached hydrogens (tertiary/aromatic N) is 4. The summed E-state index contributed by atoms with van der Waals surface area (Å²) >= 11 is 0. The second-order valence-electron chi connectivity index (χ2n) is 7.54. The first-order chi connectivity index (χ1) is 14.6. The summed E-state index contributed by atoms with van der Waals surface area (Å²) in [6.07, 6.45) is 2.55. The summed E-state index contributed by atoms with van der Waals surface area (Å²) in [5.41, 5.74) is 2.61. The molecule has 1 unspecified atom stereocenters. The van der Waals surface area contributed by atoms with E-state index in [1.807, 2.05) is 4.90 Å². The van der Waals surface area contributed by atoms with Gasteiger partial charge in [-0.1, -0.05) is 38.1 Å². The molecule has 0 radical (unpaired) electrons. The van der Waals surface area contributed by atoms with Crippen LogP contribution in [0.2, 0.25) is 0 Å². The molecule has 3 rings (SSSR count). The van der Waals surface area contributed by atoms with Crippen molar-refractivity contribution < 1.29 is 4.39 Å². The highest BCUT2D eigenvalue weighted by Gasteiger charge is 2.25. The Morgan fingerprint density at radius 1 is 1.20 bits per heavy atom. The number of pyridine rings is 1. The summed E-state index contributed by atoms with van der Waals surface area (Å²) in [7, 11) is 1.78. The van der Waals surface area contributed by atoms with Gasteiger partial charge in [-0.05, 0) is 42.8 Å². The Hall–Kier alpha value is -2.67. The minimum Gasteiger partial charge on any atom is -0.352 e. The number of aromatic nitrogens is 1. The molecule has 1 saturated heterocycles. The molecule has 1 atom stereocenters. The minimum atomic E-state index is -0.273. The number of anilines is 1. The SMILES string of the molecule is CCN(CC)Cc1ccccc1CNC(=NC)NC1CCN(c2ncccc2F)C1. The molecule has 7 heteroatoms. The van der Waals surface area contributed by atoms with Crippen molar-refractivity contribution in [1.82, 2.24) is 20.5 Å². The molecule has 30 heavy (non-hydrogen) atoms. The van der Waals surface area contributed by atoms with Gasteiger partial charge in [0.1, 0.15) is 0 Å². The molecule has 1 aromatic heterocycles. The lowest BCUT2D eigenvalue weighted by atomic mass is 10.1. The third-order valence-corrected chi connectivity index (χ3v) is 5.64. The number of halogens is 1. The van der Waals surface area contributed by atoms with Gasteiger partial charge < -0.3 is 15.5 Å². The monoisotopic (exact) mass is 412 g/mol. The zero-order valence-corrected chi connectivity index (χ0v) is 18.2. The molecule has 0 amide bonds. The largest absolute Gasteiger partial charge is 0.352 e. The van der Waals surface area contributed by atoms with Crippen molar-refractivity contribution in [3.8, 4) is 0 Å². The summed E-state index contributed by atoms with van der Waals surface area (Å²) in [6, 6.07) is 11.8. The predicted molar refractivity (Wildman–Crippen MR) is 121 cm³/mol. The maximum atomic E-state index is 14.0. The van der Waals surface area contributed by atoms with Gasteiger partial charge in [-0.25, -0.2) is 9.37 Å². The smallest absolute Gasteiger partial charge is 0.191 e. The van der Waals surface area contributed by atoms with Crippen molar-refractivity contribution in [2.75, 3.05) is 38.1 Å². The lowest BCUT2D eigenvalue weighted by Crippen LogP contribution is -2.44. The van der Waals surface area contributed by atoms with Crippen molar-refractivity contribution in [2.45, 2.75) is 39.4 Å². The molecule has 162 valence electrons. The van der Waals surface area contributed by atoms with Crippen LogP contribution in [0.4, 0.5) is 10.2 Å². The normalized spacial score (nSPS) is 16.9. The fourth-order valence-corrected chi connectivity index (χ4v) is 3.82. The molecule has 0 spiro atoms. The van der Waals surface area contributed by atoms with Crippen LogP contribution in [0.3, 0.4) is 0 Å². The van der Waals surface area contributed by atoms with Crippen molar-refractivity contribution in [3.05, 3.63) is 59.5 Å². The summed E-state index contributed by atoms with van der Waals surface area (Å²) in [5.74, 6) is 0.918. The van der Waals surface area contributed by atoms with Gasteiger partial charge in [0.25, 0.3) is 0 Å². The van der Waals surface area contributed by atoms with E-state index in [-0.39, 0.29) is 11.9 Å². The third kappa shape index (κ3) is 5.69. The molecule has 2 heterocycles. The van der Waals surface area contributed by atoms with Crippen LogP contribution in [-0.2, 0) is 13.1 Å². The number of benzene rings is 1. The standard InChI is InChI=1S/C23H33FN6/c1-4-29(5-2)16-19-10-7-6-9-18(19)15-27-23(25-3)28-20-12-14-30(17-20)22-21(24)11-8-13-26-22/h6-11,13,20H,4-5,12,14-17H2,1-3H3,(H2,25,27,28). The van der Waals surface area contributed by atoms with Crippen LogP contribution in [0.25, 0.3) is 0 Å². The highest BCUT2D eigenvalue weighted by atomic mass is 19.1. The third-order valence-electron chi connectivity index (χ3n) is 5.64. The van der Waals surface area contributed by atoms with Crippen molar-refractivity contribution in [2.24, 2.45) is 4.99 Å². The van der Waals surface area contributed by atoms with Crippen LogP contribution in [0.1, 0.15) is 31.4 Å². The number of hydrogen-bond donors (Lipinski definition) is 2. The molecule has 1 fully saturated rings. The Balaban J connectivity index is 1.56. The van der Waals surface area contributed by atoms with Crippen LogP contribution in [-0.4, -0.2) is 55.1 Å². The highest BCUT2D eigenvalue weighted by molar-refractivity contribution is 5.80. The Bertz CT molecular complexity index is 836. The van der Waals surface area contributed by atoms with Gasteiger partial charge in [-0.3, -0.25) is 9.89 Å². The van der Waals surface area contributed by atoms with Gasteiger partial charge in [-0.15, -0.1) is 0 Å². The molecule has 0 aliphatic carbocycles. The number of rotatable bonds is 8. The molecule has 0 saturated carbocycles. The summed E-state index contributed by atoms with van der Waals surface area (Å²) in [6.45, 7) is 9.60. The molecule has 6 nitrogen and oxygen atoms in total. The van der Waals surface area contributed by atoms with Crippen LogP contribution < -0.4 is 15.5 Å². The molecular weight excluding hydrogens is 379 g/mol. The lowest BCUT2D eigenvalue weighted by Gasteiger charge is -2.22. The van der Waals surface area contributed by atoms with E-state index in [4.69, 9.17) is 0 Å². The second-order valence-corrected chi connectivity index (χ2v) is 7.54. The van der Waals surface area contributed by atoms with Gasteiger partial charge >= 0.3 is 0 Å². The van der Waals surface area contributed by atoms with Gasteiger partial charge in [0.2, 0.25) is 0 Å². The van der Waals surface area contributed by atoms with Crippen molar-refractivity contribution in [3.63, 3.8) is 0 Å². The molecular formula is C23H33FN6. The van der Waals surface area contributed by atoms with Crippen LogP contribution in [0.15, 0.2) is 47.6 Å². The first-order valence-electron chi connectivity index (χ1n) is 10.8. The number of nitrogens with one attached hydrogen (secondary N) is 2. The molecule has 1 aromatic carbocycles. The van der Waals surface area contributed by atoms with E-state index >= 15 is 0 Å². The van der Waals surface area contributed by atoms with Gasteiger partial charge in [0.15, 0.2) is 17.6 Å². The van der Waals surface area contributed by atoms with Crippen molar-refractivity contribution >= 4 is 11.8 Å². The maximum absolute atomic E-state index is 14.0. The van der Waals surface area contributed by atoms with E-state index in [2.05, 4.69) is 63.6 Å². The first-order valence-corrected chi connectivity index (χ1v) is 10.8. The van der Waals surface area contributed by atoms with E-state index in [1.165, 1.54) is 17.2 Å². The zero-order chi connectivity index (χ0) is 21.3. The van der Waals surface area contributed by atoms with Crippen LogP contribution in [0.5, 0.6) is 0 Å². The average molecular weight is 413 g/mol.